The summed E-state index contributed by atoms with van der Waals surface area (Å²) in [5.74, 6) is 0.974. The standard InChI is InChI=1S/C18H31ClO3Si/c1-5-22-18(21)16(13-23(2,3)4)10-9-14-7-6-8-15(14)11-12-17(19)20/h10,14-15H,5-9,11-13H2,1-4H3/b16-10-/t14-,15-/m0/s1. The van der Waals surface area contributed by atoms with Crippen LogP contribution in [-0.4, -0.2) is 25.9 Å². The Morgan fingerprint density at radius 3 is 2.43 bits per heavy atom. The van der Waals surface area contributed by atoms with Gasteiger partial charge in [0, 0.05) is 20.1 Å². The molecule has 0 bridgehead atoms. The largest absolute Gasteiger partial charge is 0.463 e. The number of ether oxygens (including phenoxy) is 1. The number of halogens is 1. The first-order valence-electron chi connectivity index (χ1n) is 8.77. The van der Waals surface area contributed by atoms with Gasteiger partial charge in [-0.25, -0.2) is 4.79 Å². The third-order valence-electron chi connectivity index (χ3n) is 4.45. The van der Waals surface area contributed by atoms with Crippen LogP contribution in [-0.2, 0) is 14.3 Å². The smallest absolute Gasteiger partial charge is 0.333 e. The molecule has 0 unspecified atom stereocenters. The molecule has 1 aliphatic carbocycles. The van der Waals surface area contributed by atoms with Crippen LogP contribution in [0.5, 0.6) is 0 Å². The third-order valence-corrected chi connectivity index (χ3v) is 6.08. The Morgan fingerprint density at radius 1 is 1.22 bits per heavy atom. The Kier molecular flexibility index (Phi) is 8.55. The zero-order valence-corrected chi connectivity index (χ0v) is 16.7. The molecule has 1 fully saturated rings. The molecule has 0 aromatic carbocycles. The van der Waals surface area contributed by atoms with Crippen LogP contribution >= 0.6 is 11.6 Å². The molecule has 0 heterocycles. The highest BCUT2D eigenvalue weighted by Gasteiger charge is 2.27. The summed E-state index contributed by atoms with van der Waals surface area (Å²) in [7, 11) is -1.37. The van der Waals surface area contributed by atoms with E-state index in [0.717, 1.165) is 24.5 Å². The van der Waals surface area contributed by atoms with E-state index in [1.54, 1.807) is 0 Å². The Hall–Kier alpha value is -0.613. The number of carbonyl (C=O) groups excluding carboxylic acids is 2. The molecule has 5 heteroatoms. The van der Waals surface area contributed by atoms with E-state index < -0.39 is 8.07 Å². The van der Waals surface area contributed by atoms with Gasteiger partial charge in [-0.1, -0.05) is 38.6 Å². The van der Waals surface area contributed by atoms with Crippen molar-refractivity contribution in [2.24, 2.45) is 11.8 Å². The molecule has 1 saturated carbocycles. The molecule has 3 nitrogen and oxygen atoms in total. The second-order valence-corrected chi connectivity index (χ2v) is 13.7. The summed E-state index contributed by atoms with van der Waals surface area (Å²) in [4.78, 5) is 23.2. The van der Waals surface area contributed by atoms with Gasteiger partial charge in [0.25, 0.3) is 0 Å². The zero-order valence-electron chi connectivity index (χ0n) is 15.0. The molecule has 1 rings (SSSR count). The van der Waals surface area contributed by atoms with E-state index in [9.17, 15) is 9.59 Å². The Balaban J connectivity index is 2.70. The van der Waals surface area contributed by atoms with Crippen molar-refractivity contribution in [2.75, 3.05) is 6.61 Å². The van der Waals surface area contributed by atoms with Crippen molar-refractivity contribution in [3.05, 3.63) is 11.6 Å². The van der Waals surface area contributed by atoms with E-state index in [4.69, 9.17) is 16.3 Å². The van der Waals surface area contributed by atoms with Crippen LogP contribution in [0.15, 0.2) is 11.6 Å². The van der Waals surface area contributed by atoms with Crippen molar-refractivity contribution in [3.63, 3.8) is 0 Å². The molecule has 0 spiro atoms. The van der Waals surface area contributed by atoms with Crippen molar-refractivity contribution in [1.82, 2.24) is 0 Å². The summed E-state index contributed by atoms with van der Waals surface area (Å²) in [5.41, 5.74) is 0.852. The number of esters is 1. The maximum atomic E-state index is 12.2. The van der Waals surface area contributed by atoms with Crippen LogP contribution in [0.1, 0.15) is 45.4 Å². The minimum atomic E-state index is -1.37. The molecule has 23 heavy (non-hydrogen) atoms. The van der Waals surface area contributed by atoms with E-state index in [-0.39, 0.29) is 11.2 Å². The lowest BCUT2D eigenvalue weighted by molar-refractivity contribution is -0.138. The van der Waals surface area contributed by atoms with E-state index >= 15 is 0 Å². The first-order valence-corrected chi connectivity index (χ1v) is 12.9. The van der Waals surface area contributed by atoms with Gasteiger partial charge in [-0.2, -0.15) is 0 Å². The van der Waals surface area contributed by atoms with E-state index in [2.05, 4.69) is 25.7 Å². The topological polar surface area (TPSA) is 43.4 Å². The molecule has 0 aromatic heterocycles. The third kappa shape index (κ3) is 8.16. The van der Waals surface area contributed by atoms with E-state index in [1.807, 2.05) is 6.92 Å². The van der Waals surface area contributed by atoms with Crippen molar-refractivity contribution in [2.45, 2.75) is 71.1 Å². The predicted molar refractivity (Wildman–Crippen MR) is 98.4 cm³/mol. The second kappa shape index (κ2) is 9.63. The molecule has 0 N–H and O–H groups in total. The van der Waals surface area contributed by atoms with Crippen LogP contribution in [0.4, 0.5) is 0 Å². The Morgan fingerprint density at radius 2 is 1.87 bits per heavy atom. The fraction of sp³-hybridized carbons (Fsp3) is 0.778. The summed E-state index contributed by atoms with van der Waals surface area (Å²) >= 11 is 5.47. The lowest BCUT2D eigenvalue weighted by atomic mass is 9.88. The summed E-state index contributed by atoms with van der Waals surface area (Å²) in [6, 6.07) is 0.864. The molecular formula is C18H31ClO3Si. The van der Waals surface area contributed by atoms with Gasteiger partial charge in [0.05, 0.1) is 6.61 Å². The second-order valence-electron chi connectivity index (χ2n) is 7.77. The summed E-state index contributed by atoms with van der Waals surface area (Å²) in [6.07, 6.45) is 7.94. The van der Waals surface area contributed by atoms with Gasteiger partial charge in [0.15, 0.2) is 0 Å². The normalized spacial score (nSPS) is 22.2. The lowest BCUT2D eigenvalue weighted by Crippen LogP contribution is -2.23. The highest BCUT2D eigenvalue weighted by Crippen LogP contribution is 2.38. The van der Waals surface area contributed by atoms with Gasteiger partial charge in [0.1, 0.15) is 0 Å². The average Bonchev–Trinajstić information content (AvgIpc) is 2.87. The molecule has 0 saturated heterocycles. The number of hydrogen-bond donors (Lipinski definition) is 0. The van der Waals surface area contributed by atoms with Crippen LogP contribution < -0.4 is 0 Å². The first-order chi connectivity index (χ1) is 10.7. The van der Waals surface area contributed by atoms with Crippen molar-refractivity contribution in [1.29, 1.82) is 0 Å². The molecule has 0 aromatic rings. The van der Waals surface area contributed by atoms with Crippen LogP contribution in [0, 0.1) is 11.8 Å². The fourth-order valence-electron chi connectivity index (χ4n) is 3.42. The van der Waals surface area contributed by atoms with Crippen molar-refractivity contribution < 1.29 is 14.3 Å². The van der Waals surface area contributed by atoms with Gasteiger partial charge in [-0.3, -0.25) is 4.79 Å². The summed E-state index contributed by atoms with van der Waals surface area (Å²) < 4.78 is 5.22. The van der Waals surface area contributed by atoms with Crippen LogP contribution in [0.3, 0.4) is 0 Å². The van der Waals surface area contributed by atoms with Gasteiger partial charge in [-0.15, -0.1) is 0 Å². The monoisotopic (exact) mass is 358 g/mol. The zero-order chi connectivity index (χ0) is 17.5. The lowest BCUT2D eigenvalue weighted by Gasteiger charge is -2.20. The number of carbonyl (C=O) groups is 2. The van der Waals surface area contributed by atoms with E-state index in [1.165, 1.54) is 19.3 Å². The Bertz CT molecular complexity index is 440. The quantitative estimate of drug-likeness (QED) is 0.247. The van der Waals surface area contributed by atoms with Gasteiger partial charge in [-0.05, 0) is 55.7 Å². The minimum Gasteiger partial charge on any atom is -0.463 e. The molecule has 132 valence electrons. The molecule has 0 amide bonds. The number of hydrogen-bond acceptors (Lipinski definition) is 3. The predicted octanol–water partition coefficient (Wildman–Crippen LogP) is 5.17. The van der Waals surface area contributed by atoms with Crippen molar-refractivity contribution >= 4 is 30.9 Å². The van der Waals surface area contributed by atoms with E-state index in [0.29, 0.717) is 24.9 Å². The average molecular weight is 359 g/mol. The maximum Gasteiger partial charge on any atom is 0.333 e. The first kappa shape index (κ1) is 20.4. The van der Waals surface area contributed by atoms with Crippen LogP contribution in [0.2, 0.25) is 25.7 Å². The highest BCUT2D eigenvalue weighted by atomic mass is 35.5. The van der Waals surface area contributed by atoms with Crippen molar-refractivity contribution in [3.8, 4) is 0 Å². The van der Waals surface area contributed by atoms with Gasteiger partial charge >= 0.3 is 5.97 Å². The Labute approximate surface area is 146 Å². The number of allylic oxidation sites excluding steroid dienone is 1. The summed E-state index contributed by atoms with van der Waals surface area (Å²) in [6.45, 7) is 9.07. The SMILES string of the molecule is CCOC(=O)/C(=C\C[C@@H]1CCC[C@H]1CCC(=O)Cl)C[Si](C)(C)C. The highest BCUT2D eigenvalue weighted by molar-refractivity contribution is 6.77. The molecule has 0 radical (unpaired) electrons. The molecule has 2 atom stereocenters. The van der Waals surface area contributed by atoms with Gasteiger partial charge in [0.2, 0.25) is 5.24 Å². The molecule has 0 aliphatic heterocycles. The van der Waals surface area contributed by atoms with Crippen LogP contribution in [0.25, 0.3) is 0 Å². The minimum absolute atomic E-state index is 0.152. The van der Waals surface area contributed by atoms with Gasteiger partial charge < -0.3 is 4.74 Å². The molecule has 1 aliphatic rings. The number of rotatable bonds is 9. The molecular weight excluding hydrogens is 328 g/mol. The maximum absolute atomic E-state index is 12.2. The fourth-order valence-corrected chi connectivity index (χ4v) is 4.96. The summed E-state index contributed by atoms with van der Waals surface area (Å²) in [5, 5.41) is -0.239.